The summed E-state index contributed by atoms with van der Waals surface area (Å²) in [5, 5.41) is 9.52. The second-order valence-corrected chi connectivity index (χ2v) is 17.8. The van der Waals surface area contributed by atoms with E-state index in [9.17, 15) is 24.0 Å². The van der Waals surface area contributed by atoms with Gasteiger partial charge < -0.3 is 30.7 Å². The molecule has 61 heavy (non-hydrogen) atoms. The molecule has 0 bridgehead atoms. The van der Waals surface area contributed by atoms with Crippen LogP contribution in [-0.2, 0) is 20.9 Å². The summed E-state index contributed by atoms with van der Waals surface area (Å²) in [6.45, 7) is 6.47. The highest BCUT2D eigenvalue weighted by molar-refractivity contribution is 5.97. The fourth-order valence-electron chi connectivity index (χ4n) is 9.33. The standard InChI is InChI=1S/C50H66N6O5/c1-3-5-7-9-10-18-28-56-45(48(59)51-27-17-8-6-4-2)34-55(50(56)61)31-35-23-25-38(26-24-35)49(60)54-32-41(46(57)52-43-29-39(43)36-19-13-11-14-20-36)42(33-54)47(58)53-44-30-40(44)37-21-15-12-16-22-37/h11-16,19-26,39-45H,3-10,17-18,27-34H2,1-2H3,(H,51,59)(H,52,57)(H,53,58)/t39-,40-,41-,42-,43+,44+,45+/m1/s1. The highest BCUT2D eigenvalue weighted by atomic mass is 16.2. The van der Waals surface area contributed by atoms with Crippen molar-refractivity contribution in [1.82, 2.24) is 30.7 Å². The molecular formula is C50H66N6O5. The van der Waals surface area contributed by atoms with Gasteiger partial charge in [0.1, 0.15) is 6.04 Å². The SMILES string of the molecule is CCCCCCCCN1C(=O)N(Cc2ccc(C(=O)N3C[C@@H](C(=O)N[C@H]4C[C@@H]4c4ccccc4)[C@H](C(=O)N[C@H]4C[C@@H]4c4ccccc4)C3)cc2)C[C@H]1C(=O)NCCCCCC. The van der Waals surface area contributed by atoms with E-state index in [1.165, 1.54) is 30.4 Å². The molecule has 2 saturated heterocycles. The van der Waals surface area contributed by atoms with Crippen LogP contribution in [0.2, 0.25) is 0 Å². The van der Waals surface area contributed by atoms with E-state index in [0.717, 1.165) is 63.4 Å². The fourth-order valence-corrected chi connectivity index (χ4v) is 9.33. The van der Waals surface area contributed by atoms with Gasteiger partial charge in [-0.2, -0.15) is 0 Å². The molecule has 0 radical (unpaired) electrons. The van der Waals surface area contributed by atoms with E-state index in [1.54, 1.807) is 26.8 Å². The van der Waals surface area contributed by atoms with Gasteiger partial charge in [-0.25, -0.2) is 4.79 Å². The highest BCUT2D eigenvalue weighted by Crippen LogP contribution is 2.42. The topological polar surface area (TPSA) is 131 Å². The lowest BCUT2D eigenvalue weighted by molar-refractivity contribution is -0.133. The Bertz CT molecular complexity index is 1870. The predicted octanol–water partition coefficient (Wildman–Crippen LogP) is 7.38. The minimum Gasteiger partial charge on any atom is -0.354 e. The number of nitrogens with zero attached hydrogens (tertiary/aromatic N) is 3. The zero-order chi connectivity index (χ0) is 42.7. The quantitative estimate of drug-likeness (QED) is 0.0911. The van der Waals surface area contributed by atoms with Gasteiger partial charge in [0, 0.05) is 62.2 Å². The molecule has 2 aliphatic heterocycles. The Hall–Kier alpha value is -5.19. The van der Waals surface area contributed by atoms with Gasteiger partial charge in [-0.3, -0.25) is 19.2 Å². The smallest absolute Gasteiger partial charge is 0.321 e. The van der Waals surface area contributed by atoms with E-state index in [0.29, 0.717) is 31.7 Å². The summed E-state index contributed by atoms with van der Waals surface area (Å²) >= 11 is 0. The normalized spacial score (nSPS) is 24.1. The molecular weight excluding hydrogens is 765 g/mol. The zero-order valence-corrected chi connectivity index (χ0v) is 36.2. The van der Waals surface area contributed by atoms with E-state index in [1.807, 2.05) is 48.5 Å². The number of unbranched alkanes of at least 4 members (excludes halogenated alkanes) is 8. The molecule has 3 N–H and O–H groups in total. The first-order valence-corrected chi connectivity index (χ1v) is 23.2. The lowest BCUT2D eigenvalue weighted by atomic mass is 9.94. The molecule has 0 aromatic heterocycles. The summed E-state index contributed by atoms with van der Waals surface area (Å²) in [4.78, 5) is 74.2. The fraction of sp³-hybridized carbons (Fsp3) is 0.540. The summed E-state index contributed by atoms with van der Waals surface area (Å²) in [6.07, 6.45) is 12.6. The number of amides is 6. The number of urea groups is 1. The third-order valence-electron chi connectivity index (χ3n) is 13.2. The van der Waals surface area contributed by atoms with Crippen molar-refractivity contribution in [3.63, 3.8) is 0 Å². The Morgan fingerprint density at radius 3 is 1.69 bits per heavy atom. The van der Waals surface area contributed by atoms with Gasteiger partial charge in [0.15, 0.2) is 0 Å². The van der Waals surface area contributed by atoms with E-state index < -0.39 is 17.9 Å². The van der Waals surface area contributed by atoms with E-state index in [2.05, 4.69) is 54.1 Å². The largest absolute Gasteiger partial charge is 0.354 e. The molecule has 0 unspecified atom stereocenters. The zero-order valence-electron chi connectivity index (χ0n) is 36.2. The van der Waals surface area contributed by atoms with Crippen LogP contribution in [0.4, 0.5) is 4.79 Å². The lowest BCUT2D eigenvalue weighted by Crippen LogP contribution is -2.46. The number of carbonyl (C=O) groups excluding carboxylic acids is 5. The molecule has 11 heteroatoms. The van der Waals surface area contributed by atoms with Crippen molar-refractivity contribution in [1.29, 1.82) is 0 Å². The molecule has 3 aromatic rings. The van der Waals surface area contributed by atoms with Gasteiger partial charge in [0.2, 0.25) is 17.7 Å². The number of benzene rings is 3. The van der Waals surface area contributed by atoms with Gasteiger partial charge in [-0.1, -0.05) is 138 Å². The number of nitrogens with one attached hydrogen (secondary N) is 3. The molecule has 326 valence electrons. The van der Waals surface area contributed by atoms with Crippen molar-refractivity contribution in [2.24, 2.45) is 11.8 Å². The van der Waals surface area contributed by atoms with Crippen molar-refractivity contribution in [2.75, 3.05) is 32.7 Å². The first-order chi connectivity index (χ1) is 29.7. The molecule has 2 saturated carbocycles. The molecule has 3 aromatic carbocycles. The maximum atomic E-state index is 14.1. The van der Waals surface area contributed by atoms with Crippen molar-refractivity contribution in [3.8, 4) is 0 Å². The van der Waals surface area contributed by atoms with Gasteiger partial charge in [-0.05, 0) is 54.5 Å². The number of hydrogen-bond acceptors (Lipinski definition) is 5. The van der Waals surface area contributed by atoms with Crippen LogP contribution in [0.15, 0.2) is 84.9 Å². The summed E-state index contributed by atoms with van der Waals surface area (Å²) in [5.74, 6) is -1.55. The third-order valence-corrected chi connectivity index (χ3v) is 13.2. The number of carbonyl (C=O) groups is 5. The van der Waals surface area contributed by atoms with Gasteiger partial charge in [-0.15, -0.1) is 0 Å². The molecule has 2 aliphatic carbocycles. The Morgan fingerprint density at radius 2 is 1.13 bits per heavy atom. The first-order valence-electron chi connectivity index (χ1n) is 23.2. The van der Waals surface area contributed by atoms with Crippen LogP contribution in [0.1, 0.15) is 130 Å². The number of hydrogen-bond donors (Lipinski definition) is 3. The summed E-state index contributed by atoms with van der Waals surface area (Å²) in [7, 11) is 0. The average molecular weight is 831 g/mol. The maximum absolute atomic E-state index is 14.1. The Morgan fingerprint density at radius 1 is 0.607 bits per heavy atom. The summed E-state index contributed by atoms with van der Waals surface area (Å²) in [6, 6.07) is 26.9. The van der Waals surface area contributed by atoms with Crippen LogP contribution in [0.5, 0.6) is 0 Å². The van der Waals surface area contributed by atoms with Crippen LogP contribution in [0, 0.1) is 11.8 Å². The molecule has 2 heterocycles. The van der Waals surface area contributed by atoms with Crippen molar-refractivity contribution >= 4 is 29.7 Å². The number of rotatable bonds is 22. The van der Waals surface area contributed by atoms with Crippen LogP contribution in [0.25, 0.3) is 0 Å². The van der Waals surface area contributed by atoms with Gasteiger partial charge in [0.25, 0.3) is 5.91 Å². The maximum Gasteiger partial charge on any atom is 0.321 e. The third kappa shape index (κ3) is 11.4. The lowest BCUT2D eigenvalue weighted by Gasteiger charge is -2.22. The monoisotopic (exact) mass is 831 g/mol. The second kappa shape index (κ2) is 21.1. The Balaban J connectivity index is 0.977. The summed E-state index contributed by atoms with van der Waals surface area (Å²) < 4.78 is 0. The minimum atomic E-state index is -0.670. The molecule has 7 rings (SSSR count). The number of likely N-dealkylation sites (tertiary alicyclic amines) is 1. The van der Waals surface area contributed by atoms with E-state index in [4.69, 9.17) is 0 Å². The first kappa shape index (κ1) is 43.9. The highest BCUT2D eigenvalue weighted by Gasteiger charge is 2.49. The molecule has 6 amide bonds. The Kier molecular flexibility index (Phi) is 15.2. The molecule has 7 atom stereocenters. The van der Waals surface area contributed by atoms with Crippen LogP contribution in [0.3, 0.4) is 0 Å². The van der Waals surface area contributed by atoms with Gasteiger partial charge >= 0.3 is 6.03 Å². The minimum absolute atomic E-state index is 0.00660. The molecule has 0 spiro atoms. The van der Waals surface area contributed by atoms with Crippen LogP contribution in [-0.4, -0.2) is 95.2 Å². The molecule has 4 fully saturated rings. The van der Waals surface area contributed by atoms with Crippen molar-refractivity contribution in [2.45, 2.75) is 127 Å². The summed E-state index contributed by atoms with van der Waals surface area (Å²) in [5.41, 5.74) is 3.69. The van der Waals surface area contributed by atoms with Crippen molar-refractivity contribution in [3.05, 3.63) is 107 Å². The molecule has 11 nitrogen and oxygen atoms in total. The van der Waals surface area contributed by atoms with Crippen LogP contribution < -0.4 is 16.0 Å². The van der Waals surface area contributed by atoms with Gasteiger partial charge in [0.05, 0.1) is 18.4 Å². The van der Waals surface area contributed by atoms with Crippen molar-refractivity contribution < 1.29 is 24.0 Å². The average Bonchev–Trinajstić information content (AvgIpc) is 4.16. The predicted molar refractivity (Wildman–Crippen MR) is 238 cm³/mol. The Labute approximate surface area is 362 Å². The van der Waals surface area contributed by atoms with Crippen LogP contribution >= 0.6 is 0 Å². The van der Waals surface area contributed by atoms with E-state index >= 15 is 0 Å². The second-order valence-electron chi connectivity index (χ2n) is 17.8. The molecule has 4 aliphatic rings. The van der Waals surface area contributed by atoms with E-state index in [-0.39, 0.29) is 66.7 Å².